The lowest BCUT2D eigenvalue weighted by Crippen LogP contribution is -2.15. The lowest BCUT2D eigenvalue weighted by Gasteiger charge is -2.11. The third kappa shape index (κ3) is 5.09. The number of nitrogens with one attached hydrogen (secondary N) is 1. The lowest BCUT2D eigenvalue weighted by molar-refractivity contribution is -0.142. The summed E-state index contributed by atoms with van der Waals surface area (Å²) < 4.78 is 43.9. The predicted octanol–water partition coefficient (Wildman–Crippen LogP) is 6.84. The van der Waals surface area contributed by atoms with E-state index in [0.29, 0.717) is 31.4 Å². The topological polar surface area (TPSA) is 77.1 Å². The van der Waals surface area contributed by atoms with E-state index in [4.69, 9.17) is 23.2 Å². The van der Waals surface area contributed by atoms with Crippen LogP contribution < -0.4 is 5.32 Å². The number of hydrogen-bond donors (Lipinski definition) is 1. The molecule has 3 aromatic heterocycles. The van der Waals surface area contributed by atoms with Crippen LogP contribution in [0.3, 0.4) is 0 Å². The fourth-order valence-corrected chi connectivity index (χ4v) is 4.41. The number of carbonyl (C=O) groups is 1. The highest BCUT2D eigenvalue weighted by atomic mass is 35.5. The Hall–Kier alpha value is -3.89. The molecule has 0 saturated carbocycles. The molecule has 12 heteroatoms. The zero-order chi connectivity index (χ0) is 27.2. The Balaban J connectivity index is 1.44. The molecule has 0 radical (unpaired) electrons. The molecule has 0 unspecified atom stereocenters. The van der Waals surface area contributed by atoms with Gasteiger partial charge in [0.15, 0.2) is 17.0 Å². The van der Waals surface area contributed by atoms with Gasteiger partial charge in [-0.25, -0.2) is 9.50 Å². The first-order chi connectivity index (χ1) is 18.0. The van der Waals surface area contributed by atoms with E-state index in [-0.39, 0.29) is 23.6 Å². The first kappa shape index (κ1) is 25.7. The fourth-order valence-electron chi connectivity index (χ4n) is 3.89. The largest absolute Gasteiger partial charge is 0.433 e. The lowest BCUT2D eigenvalue weighted by atomic mass is 10.0. The van der Waals surface area contributed by atoms with Gasteiger partial charge in [0.05, 0.1) is 24.1 Å². The molecule has 1 N–H and O–H groups in total. The molecule has 3 heterocycles. The van der Waals surface area contributed by atoms with Crippen LogP contribution in [0.5, 0.6) is 0 Å². The molecule has 0 aliphatic rings. The van der Waals surface area contributed by atoms with Crippen molar-refractivity contribution in [1.29, 1.82) is 0 Å². The Kier molecular flexibility index (Phi) is 6.62. The summed E-state index contributed by atoms with van der Waals surface area (Å²) in [5.74, 6) is -0.716. The van der Waals surface area contributed by atoms with Crippen molar-refractivity contribution in [3.8, 4) is 11.3 Å². The first-order valence-corrected chi connectivity index (χ1v) is 12.1. The van der Waals surface area contributed by atoms with E-state index < -0.39 is 17.8 Å². The number of amides is 1. The molecule has 5 aromatic rings. The zero-order valence-electron chi connectivity index (χ0n) is 20.0. The highest BCUT2D eigenvalue weighted by Crippen LogP contribution is 2.33. The molecule has 0 aliphatic heterocycles. The Morgan fingerprint density at radius 2 is 1.76 bits per heavy atom. The minimum Gasteiger partial charge on any atom is -0.318 e. The van der Waals surface area contributed by atoms with Crippen molar-refractivity contribution in [2.45, 2.75) is 26.6 Å². The van der Waals surface area contributed by atoms with Crippen LogP contribution in [-0.4, -0.2) is 30.3 Å². The van der Waals surface area contributed by atoms with Crippen LogP contribution in [0.4, 0.5) is 18.9 Å². The van der Waals surface area contributed by atoms with Crippen LogP contribution in [0, 0.1) is 13.8 Å². The smallest absolute Gasteiger partial charge is 0.318 e. The molecule has 7 nitrogen and oxygen atoms in total. The van der Waals surface area contributed by atoms with Crippen molar-refractivity contribution in [3.63, 3.8) is 0 Å². The van der Waals surface area contributed by atoms with Crippen LogP contribution >= 0.6 is 23.2 Å². The summed E-state index contributed by atoms with van der Waals surface area (Å²) in [5, 5.41) is 11.6. The van der Waals surface area contributed by atoms with Crippen molar-refractivity contribution >= 4 is 40.4 Å². The number of aromatic nitrogens is 5. The molecule has 0 spiro atoms. The quantitative estimate of drug-likeness (QED) is 0.256. The molecule has 5 rings (SSSR count). The average molecular weight is 559 g/mol. The summed E-state index contributed by atoms with van der Waals surface area (Å²) in [4.78, 5) is 17.2. The van der Waals surface area contributed by atoms with Crippen molar-refractivity contribution in [2.24, 2.45) is 0 Å². The number of halogens is 5. The van der Waals surface area contributed by atoms with E-state index in [9.17, 15) is 18.0 Å². The number of hydrogen-bond acceptors (Lipinski definition) is 4. The number of anilines is 1. The molecule has 0 bridgehead atoms. The summed E-state index contributed by atoms with van der Waals surface area (Å²) in [6, 6.07) is 12.6. The molecule has 194 valence electrons. The van der Waals surface area contributed by atoms with Crippen LogP contribution in [0.25, 0.3) is 16.9 Å². The number of benzene rings is 2. The van der Waals surface area contributed by atoms with Gasteiger partial charge in [0.25, 0.3) is 5.91 Å². The third-order valence-corrected chi connectivity index (χ3v) is 6.73. The van der Waals surface area contributed by atoms with Crippen molar-refractivity contribution < 1.29 is 18.0 Å². The molecule has 0 aliphatic carbocycles. The molecule has 2 aromatic carbocycles. The van der Waals surface area contributed by atoms with Gasteiger partial charge in [-0.3, -0.25) is 9.48 Å². The number of carbonyl (C=O) groups excluding carboxylic acids is 1. The van der Waals surface area contributed by atoms with E-state index in [0.717, 1.165) is 17.2 Å². The maximum Gasteiger partial charge on any atom is 0.433 e. The van der Waals surface area contributed by atoms with Crippen molar-refractivity contribution in [1.82, 2.24) is 24.4 Å². The van der Waals surface area contributed by atoms with Gasteiger partial charge in [0.1, 0.15) is 0 Å². The highest BCUT2D eigenvalue weighted by Gasteiger charge is 2.35. The molecule has 0 saturated heterocycles. The van der Waals surface area contributed by atoms with Crippen LogP contribution in [0.1, 0.15) is 32.9 Å². The molecular formula is C26H19Cl2F3N6O. The zero-order valence-corrected chi connectivity index (χ0v) is 21.5. The molecule has 1 amide bonds. The van der Waals surface area contributed by atoms with Gasteiger partial charge < -0.3 is 5.32 Å². The third-order valence-electron chi connectivity index (χ3n) is 6.03. The first-order valence-electron chi connectivity index (χ1n) is 11.3. The number of rotatable bonds is 5. The fraction of sp³-hybridized carbons (Fsp3) is 0.154. The molecule has 38 heavy (non-hydrogen) atoms. The Bertz CT molecular complexity index is 1670. The Labute approximate surface area is 224 Å². The van der Waals surface area contributed by atoms with Crippen molar-refractivity contribution in [3.05, 3.63) is 99.0 Å². The van der Waals surface area contributed by atoms with Gasteiger partial charge in [0, 0.05) is 33.4 Å². The molecule has 0 atom stereocenters. The van der Waals surface area contributed by atoms with E-state index in [1.54, 1.807) is 36.5 Å². The Morgan fingerprint density at radius 1 is 1.03 bits per heavy atom. The van der Waals surface area contributed by atoms with Crippen LogP contribution in [0.2, 0.25) is 10.0 Å². The highest BCUT2D eigenvalue weighted by molar-refractivity contribution is 6.36. The van der Waals surface area contributed by atoms with E-state index >= 15 is 0 Å². The average Bonchev–Trinajstić information content (AvgIpc) is 3.48. The number of nitrogens with zero attached hydrogens (tertiary/aromatic N) is 5. The molecule has 0 fully saturated rings. The summed E-state index contributed by atoms with van der Waals surface area (Å²) in [6.07, 6.45) is -1.78. The second kappa shape index (κ2) is 9.77. The molecular weight excluding hydrogens is 540 g/mol. The predicted molar refractivity (Wildman–Crippen MR) is 139 cm³/mol. The van der Waals surface area contributed by atoms with Gasteiger partial charge >= 0.3 is 6.18 Å². The van der Waals surface area contributed by atoms with E-state index in [2.05, 4.69) is 20.5 Å². The van der Waals surface area contributed by atoms with Gasteiger partial charge in [-0.1, -0.05) is 41.4 Å². The second-order valence-electron chi connectivity index (χ2n) is 8.70. The second-order valence-corrected chi connectivity index (χ2v) is 9.52. The summed E-state index contributed by atoms with van der Waals surface area (Å²) in [5.41, 5.74) is 2.16. The summed E-state index contributed by atoms with van der Waals surface area (Å²) >= 11 is 12.4. The Morgan fingerprint density at radius 3 is 2.45 bits per heavy atom. The minimum atomic E-state index is -4.73. The summed E-state index contributed by atoms with van der Waals surface area (Å²) in [6.45, 7) is 4.03. The number of alkyl halides is 3. The van der Waals surface area contributed by atoms with Gasteiger partial charge in [0.2, 0.25) is 0 Å². The summed E-state index contributed by atoms with van der Waals surface area (Å²) in [7, 11) is 0. The normalized spacial score (nSPS) is 11.8. The van der Waals surface area contributed by atoms with Gasteiger partial charge in [-0.05, 0) is 49.2 Å². The minimum absolute atomic E-state index is 0.109. The monoisotopic (exact) mass is 558 g/mol. The van der Waals surface area contributed by atoms with Crippen molar-refractivity contribution in [2.75, 3.05) is 5.32 Å². The number of fused-ring (bicyclic) bond motifs is 1. The van der Waals surface area contributed by atoms with Gasteiger partial charge in [-0.2, -0.15) is 23.4 Å². The number of aryl methyl sites for hydroxylation is 2. The van der Waals surface area contributed by atoms with Crippen LogP contribution in [-0.2, 0) is 12.7 Å². The maximum atomic E-state index is 13.9. The SMILES string of the molecule is Cc1ccc(-c2cc(C(F)(F)F)n3nc(C(=O)Nc4cnn(Cc5c(Cl)cccc5Cl)c4)cc3n2)cc1C. The van der Waals surface area contributed by atoms with E-state index in [1.807, 2.05) is 19.9 Å². The van der Waals surface area contributed by atoms with Gasteiger partial charge in [-0.15, -0.1) is 0 Å². The van der Waals surface area contributed by atoms with E-state index in [1.165, 1.54) is 16.9 Å². The maximum absolute atomic E-state index is 13.9. The standard InChI is InChI=1S/C26H19Cl2F3N6O/c1-14-6-7-16(8-15(14)2)21-9-23(26(29,30)31)37-24(34-21)10-22(35-37)25(38)33-17-11-32-36(12-17)13-18-19(27)4-3-5-20(18)28/h3-12H,13H2,1-2H3,(H,33,38). The van der Waals surface area contributed by atoms with Crippen LogP contribution in [0.15, 0.2) is 60.9 Å².